The molecule has 0 saturated heterocycles. The van der Waals surface area contributed by atoms with Crippen LogP contribution >= 0.6 is 35.3 Å². The van der Waals surface area contributed by atoms with Crippen LogP contribution in [0.1, 0.15) is 11.3 Å². The van der Waals surface area contributed by atoms with Gasteiger partial charge in [0, 0.05) is 13.6 Å². The highest BCUT2D eigenvalue weighted by atomic mass is 127. The predicted molar refractivity (Wildman–Crippen MR) is 127 cm³/mol. The molecule has 2 heterocycles. The van der Waals surface area contributed by atoms with Gasteiger partial charge in [0.1, 0.15) is 6.26 Å². The number of methoxy groups -OCH3 is 2. The maximum Gasteiger partial charge on any atom is 0.236 e. The summed E-state index contributed by atoms with van der Waals surface area (Å²) in [5.41, 5.74) is 1.98. The molecule has 29 heavy (non-hydrogen) atoms. The summed E-state index contributed by atoms with van der Waals surface area (Å²) >= 11 is 1.60. The lowest BCUT2D eigenvalue weighted by molar-refractivity contribution is 0.354. The molecule has 156 valence electrons. The van der Waals surface area contributed by atoms with Crippen LogP contribution in [0.5, 0.6) is 11.5 Å². The minimum Gasteiger partial charge on any atom is -0.493 e. The monoisotopic (exact) mass is 528 g/mol. The second-order valence-corrected chi connectivity index (χ2v) is 6.86. The Morgan fingerprint density at radius 1 is 1.17 bits per heavy atom. The third-order valence-corrected chi connectivity index (χ3v) is 4.96. The zero-order valence-corrected chi connectivity index (χ0v) is 19.7. The van der Waals surface area contributed by atoms with E-state index in [0.29, 0.717) is 18.4 Å². The third-order valence-electron chi connectivity index (χ3n) is 4.10. The van der Waals surface area contributed by atoms with Gasteiger partial charge >= 0.3 is 0 Å². The smallest absolute Gasteiger partial charge is 0.236 e. The molecule has 7 nitrogen and oxygen atoms in total. The maximum absolute atomic E-state index is 5.53. The Hall–Kier alpha value is -2.27. The molecule has 0 radical (unpaired) electrons. The van der Waals surface area contributed by atoms with Crippen LogP contribution in [-0.2, 0) is 13.0 Å². The van der Waals surface area contributed by atoms with Gasteiger partial charge in [-0.25, -0.2) is 4.98 Å². The number of hydrogen-bond donors (Lipinski definition) is 2. The molecule has 2 aromatic heterocycles. The minimum atomic E-state index is 0. The Morgan fingerprint density at radius 3 is 2.69 bits per heavy atom. The molecule has 0 amide bonds. The van der Waals surface area contributed by atoms with E-state index >= 15 is 0 Å². The van der Waals surface area contributed by atoms with Crippen LogP contribution in [0.25, 0.3) is 10.8 Å². The molecular weight excluding hydrogens is 503 g/mol. The van der Waals surface area contributed by atoms with Gasteiger partial charge in [-0.3, -0.25) is 4.99 Å². The number of benzene rings is 1. The standard InChI is InChI=1S/C20H24N4O3S.HI/c1-21-20(22-9-8-14-6-7-16(25-2)17(11-14)26-3)23-12-15-13-27-19(24-15)18-5-4-10-28-18;/h4-7,10-11,13H,8-9,12H2,1-3H3,(H2,21,22,23);1H. The number of aliphatic imine (C=N–C) groups is 1. The van der Waals surface area contributed by atoms with Crippen molar-refractivity contribution < 1.29 is 13.9 Å². The Morgan fingerprint density at radius 2 is 2.00 bits per heavy atom. The average molecular weight is 528 g/mol. The summed E-state index contributed by atoms with van der Waals surface area (Å²) in [5, 5.41) is 8.55. The van der Waals surface area contributed by atoms with Gasteiger partial charge in [0.05, 0.1) is 31.3 Å². The summed E-state index contributed by atoms with van der Waals surface area (Å²) in [6.07, 6.45) is 2.49. The SMILES string of the molecule is CN=C(NCCc1ccc(OC)c(OC)c1)NCc1coc(-c2cccs2)n1.I. The largest absolute Gasteiger partial charge is 0.493 e. The van der Waals surface area contributed by atoms with Crippen LogP contribution in [0.15, 0.2) is 51.4 Å². The Kier molecular flexibility index (Phi) is 9.26. The van der Waals surface area contributed by atoms with Crippen LogP contribution in [-0.4, -0.2) is 38.8 Å². The molecule has 0 fully saturated rings. The van der Waals surface area contributed by atoms with Gasteiger partial charge in [-0.1, -0.05) is 12.1 Å². The first-order chi connectivity index (χ1) is 13.7. The summed E-state index contributed by atoms with van der Waals surface area (Å²) in [6, 6.07) is 9.89. The number of rotatable bonds is 8. The average Bonchev–Trinajstić information content (AvgIpc) is 3.42. The van der Waals surface area contributed by atoms with E-state index in [4.69, 9.17) is 13.9 Å². The molecule has 0 aliphatic heterocycles. The van der Waals surface area contributed by atoms with Gasteiger partial charge in [-0.2, -0.15) is 0 Å². The summed E-state index contributed by atoms with van der Waals surface area (Å²) in [7, 11) is 5.01. The molecule has 0 bridgehead atoms. The first-order valence-electron chi connectivity index (χ1n) is 8.87. The van der Waals surface area contributed by atoms with E-state index in [1.54, 1.807) is 38.9 Å². The fourth-order valence-electron chi connectivity index (χ4n) is 2.66. The van der Waals surface area contributed by atoms with E-state index < -0.39 is 0 Å². The van der Waals surface area contributed by atoms with E-state index in [2.05, 4.69) is 20.6 Å². The molecular formula is C20H25IN4O3S. The molecule has 3 aromatic rings. The zero-order chi connectivity index (χ0) is 19.8. The van der Waals surface area contributed by atoms with Crippen molar-refractivity contribution in [2.75, 3.05) is 27.8 Å². The van der Waals surface area contributed by atoms with Crippen LogP contribution in [0.2, 0.25) is 0 Å². The van der Waals surface area contributed by atoms with Crippen molar-refractivity contribution in [2.45, 2.75) is 13.0 Å². The lowest BCUT2D eigenvalue weighted by atomic mass is 10.1. The van der Waals surface area contributed by atoms with Crippen molar-refractivity contribution in [3.05, 3.63) is 53.2 Å². The number of thiophene rings is 1. The molecule has 0 unspecified atom stereocenters. The Balaban J connectivity index is 0.00000300. The highest BCUT2D eigenvalue weighted by Crippen LogP contribution is 2.27. The molecule has 0 atom stereocenters. The third kappa shape index (κ3) is 6.36. The summed E-state index contributed by atoms with van der Waals surface area (Å²) < 4.78 is 16.1. The van der Waals surface area contributed by atoms with E-state index in [9.17, 15) is 0 Å². The van der Waals surface area contributed by atoms with Gasteiger partial charge in [-0.05, 0) is 35.6 Å². The van der Waals surface area contributed by atoms with Gasteiger partial charge in [0.25, 0.3) is 0 Å². The van der Waals surface area contributed by atoms with E-state index in [1.807, 2.05) is 35.7 Å². The quantitative estimate of drug-likeness (QED) is 0.262. The van der Waals surface area contributed by atoms with Crippen molar-refractivity contribution >= 4 is 41.3 Å². The maximum atomic E-state index is 5.53. The van der Waals surface area contributed by atoms with E-state index in [0.717, 1.165) is 40.6 Å². The molecule has 2 N–H and O–H groups in total. The van der Waals surface area contributed by atoms with Gasteiger partial charge < -0.3 is 24.5 Å². The number of nitrogens with zero attached hydrogens (tertiary/aromatic N) is 2. The van der Waals surface area contributed by atoms with E-state index in [-0.39, 0.29) is 24.0 Å². The van der Waals surface area contributed by atoms with Gasteiger partial charge in [-0.15, -0.1) is 35.3 Å². The lowest BCUT2D eigenvalue weighted by Crippen LogP contribution is -2.37. The summed E-state index contributed by atoms with van der Waals surface area (Å²) in [4.78, 5) is 9.76. The van der Waals surface area contributed by atoms with E-state index in [1.165, 1.54) is 0 Å². The lowest BCUT2D eigenvalue weighted by Gasteiger charge is -2.12. The van der Waals surface area contributed by atoms with Crippen LogP contribution in [0, 0.1) is 0 Å². The normalized spacial score (nSPS) is 10.9. The van der Waals surface area contributed by atoms with Crippen LogP contribution < -0.4 is 20.1 Å². The molecule has 0 aliphatic carbocycles. The first kappa shape index (κ1) is 23.0. The number of guanidine groups is 1. The number of nitrogens with one attached hydrogen (secondary N) is 2. The van der Waals surface area contributed by atoms with Crippen molar-refractivity contribution in [3.8, 4) is 22.3 Å². The Bertz CT molecular complexity index is 912. The summed E-state index contributed by atoms with van der Waals surface area (Å²) in [5.74, 6) is 2.81. The van der Waals surface area contributed by atoms with Crippen molar-refractivity contribution in [2.24, 2.45) is 4.99 Å². The van der Waals surface area contributed by atoms with Gasteiger partial charge in [0.15, 0.2) is 17.5 Å². The van der Waals surface area contributed by atoms with Crippen LogP contribution in [0.3, 0.4) is 0 Å². The summed E-state index contributed by atoms with van der Waals surface area (Å²) in [6.45, 7) is 1.26. The highest BCUT2D eigenvalue weighted by Gasteiger charge is 2.08. The fraction of sp³-hybridized carbons (Fsp3) is 0.300. The number of halogens is 1. The Labute approximate surface area is 191 Å². The number of ether oxygens (including phenoxy) is 2. The van der Waals surface area contributed by atoms with Crippen molar-refractivity contribution in [1.82, 2.24) is 15.6 Å². The predicted octanol–water partition coefficient (Wildman–Crippen LogP) is 3.95. The molecule has 9 heteroatoms. The second kappa shape index (κ2) is 11.7. The number of hydrogen-bond acceptors (Lipinski definition) is 6. The zero-order valence-electron chi connectivity index (χ0n) is 16.6. The van der Waals surface area contributed by atoms with Crippen molar-refractivity contribution in [1.29, 1.82) is 0 Å². The fourth-order valence-corrected chi connectivity index (χ4v) is 3.31. The number of oxazole rings is 1. The molecule has 3 rings (SSSR count). The molecule has 0 aliphatic rings. The highest BCUT2D eigenvalue weighted by molar-refractivity contribution is 14.0. The second-order valence-electron chi connectivity index (χ2n) is 5.91. The molecule has 0 spiro atoms. The van der Waals surface area contributed by atoms with Crippen molar-refractivity contribution in [3.63, 3.8) is 0 Å². The van der Waals surface area contributed by atoms with Crippen LogP contribution in [0.4, 0.5) is 0 Å². The van der Waals surface area contributed by atoms with Gasteiger partial charge in [0.2, 0.25) is 5.89 Å². The topological polar surface area (TPSA) is 80.9 Å². The number of aromatic nitrogens is 1. The minimum absolute atomic E-state index is 0. The first-order valence-corrected chi connectivity index (χ1v) is 9.75. The molecule has 0 saturated carbocycles. The molecule has 1 aromatic carbocycles.